The zero-order valence-electron chi connectivity index (χ0n) is 6.13. The summed E-state index contributed by atoms with van der Waals surface area (Å²) < 4.78 is 0. The summed E-state index contributed by atoms with van der Waals surface area (Å²) in [6, 6.07) is 0. The molecule has 10 heavy (non-hydrogen) atoms. The lowest BCUT2D eigenvalue weighted by Gasteiger charge is -2.11. The smallest absolute Gasteiger partial charge is 0.221 e. The van der Waals surface area contributed by atoms with E-state index in [9.17, 15) is 9.59 Å². The summed E-state index contributed by atoms with van der Waals surface area (Å²) in [4.78, 5) is 20.9. The van der Waals surface area contributed by atoms with Gasteiger partial charge < -0.3 is 11.5 Å². The molecule has 0 spiro atoms. The van der Waals surface area contributed by atoms with Crippen LogP contribution in [0.2, 0.25) is 0 Å². The Balaban J connectivity index is 4.07. The molecule has 0 bridgehead atoms. The van der Waals surface area contributed by atoms with Gasteiger partial charge in [-0.25, -0.2) is 0 Å². The first-order chi connectivity index (χ1) is 4.46. The Hall–Kier alpha value is -1.06. The van der Waals surface area contributed by atoms with Crippen LogP contribution in [0.25, 0.3) is 0 Å². The van der Waals surface area contributed by atoms with Gasteiger partial charge >= 0.3 is 0 Å². The molecule has 0 radical (unpaired) electrons. The van der Waals surface area contributed by atoms with Gasteiger partial charge in [0.1, 0.15) is 0 Å². The monoisotopic (exact) mass is 144 g/mol. The normalized spacial score (nSPS) is 15.8. The van der Waals surface area contributed by atoms with Crippen molar-refractivity contribution in [3.05, 3.63) is 0 Å². The van der Waals surface area contributed by atoms with E-state index in [0.717, 1.165) is 0 Å². The minimum Gasteiger partial charge on any atom is -0.369 e. The Bertz CT molecular complexity index is 138. The Kier molecular flexibility index (Phi) is 2.86. The van der Waals surface area contributed by atoms with Crippen molar-refractivity contribution < 1.29 is 9.59 Å². The van der Waals surface area contributed by atoms with E-state index in [1.165, 1.54) is 0 Å². The van der Waals surface area contributed by atoms with Crippen molar-refractivity contribution in [2.45, 2.75) is 13.8 Å². The van der Waals surface area contributed by atoms with Crippen LogP contribution in [0.15, 0.2) is 0 Å². The topological polar surface area (TPSA) is 86.2 Å². The van der Waals surface area contributed by atoms with Gasteiger partial charge in [0.2, 0.25) is 11.8 Å². The van der Waals surface area contributed by atoms with E-state index in [2.05, 4.69) is 0 Å². The van der Waals surface area contributed by atoms with Crippen LogP contribution in [-0.4, -0.2) is 11.8 Å². The summed E-state index contributed by atoms with van der Waals surface area (Å²) in [6.07, 6.45) is 0. The Morgan fingerprint density at radius 3 is 1.30 bits per heavy atom. The van der Waals surface area contributed by atoms with Crippen molar-refractivity contribution in [3.63, 3.8) is 0 Å². The second-order valence-electron chi connectivity index (χ2n) is 2.38. The van der Waals surface area contributed by atoms with Crippen LogP contribution >= 0.6 is 0 Å². The van der Waals surface area contributed by atoms with Gasteiger partial charge in [0.15, 0.2) is 0 Å². The first-order valence-corrected chi connectivity index (χ1v) is 3.05. The van der Waals surface area contributed by atoms with Crippen LogP contribution in [0.4, 0.5) is 0 Å². The number of hydrogen-bond donors (Lipinski definition) is 2. The first-order valence-electron chi connectivity index (χ1n) is 3.05. The quantitative estimate of drug-likeness (QED) is 0.545. The van der Waals surface area contributed by atoms with E-state index < -0.39 is 23.7 Å². The van der Waals surface area contributed by atoms with Gasteiger partial charge in [-0.3, -0.25) is 9.59 Å². The van der Waals surface area contributed by atoms with Gasteiger partial charge in [-0.1, -0.05) is 13.8 Å². The summed E-state index contributed by atoms with van der Waals surface area (Å²) in [5.41, 5.74) is 9.86. The van der Waals surface area contributed by atoms with E-state index in [1.54, 1.807) is 13.8 Å². The van der Waals surface area contributed by atoms with Gasteiger partial charge in [-0.2, -0.15) is 0 Å². The standard InChI is InChI=1S/C6H12N2O2/c1-3(5(7)9)4(2)6(8)10/h3-4H,1-2H3,(H2,7,9)(H2,8,10)/t3-,4+. The van der Waals surface area contributed by atoms with Gasteiger partial charge in [-0.15, -0.1) is 0 Å². The zero-order valence-corrected chi connectivity index (χ0v) is 6.13. The summed E-state index contributed by atoms with van der Waals surface area (Å²) in [6.45, 7) is 3.16. The molecule has 2 amide bonds. The third kappa shape index (κ3) is 2.05. The highest BCUT2D eigenvalue weighted by Gasteiger charge is 2.21. The number of hydrogen-bond acceptors (Lipinski definition) is 2. The number of carbonyl (C=O) groups is 2. The molecule has 4 nitrogen and oxygen atoms in total. The molecule has 0 aromatic heterocycles. The molecular weight excluding hydrogens is 132 g/mol. The molecule has 0 heterocycles. The molecule has 0 saturated heterocycles. The van der Waals surface area contributed by atoms with Gasteiger partial charge in [0.25, 0.3) is 0 Å². The molecule has 0 aliphatic heterocycles. The molecule has 58 valence electrons. The maximum atomic E-state index is 10.5. The van der Waals surface area contributed by atoms with Crippen molar-refractivity contribution in [2.24, 2.45) is 23.3 Å². The second kappa shape index (κ2) is 3.20. The number of nitrogens with two attached hydrogens (primary N) is 2. The number of carbonyl (C=O) groups excluding carboxylic acids is 2. The highest BCUT2D eigenvalue weighted by atomic mass is 16.2. The summed E-state index contributed by atoms with van der Waals surface area (Å²) in [7, 11) is 0. The lowest BCUT2D eigenvalue weighted by Crippen LogP contribution is -2.34. The average molecular weight is 144 g/mol. The fourth-order valence-electron chi connectivity index (χ4n) is 0.493. The molecule has 0 aromatic rings. The summed E-state index contributed by atoms with van der Waals surface area (Å²) in [5, 5.41) is 0. The molecule has 0 aliphatic carbocycles. The SMILES string of the molecule is C[C@H](C(N)=O)[C@@H](C)C(N)=O. The molecule has 2 atom stereocenters. The van der Waals surface area contributed by atoms with Crippen LogP contribution in [0, 0.1) is 11.8 Å². The fraction of sp³-hybridized carbons (Fsp3) is 0.667. The van der Waals surface area contributed by atoms with E-state index in [1.807, 2.05) is 0 Å². The van der Waals surface area contributed by atoms with Crippen LogP contribution < -0.4 is 11.5 Å². The highest BCUT2D eigenvalue weighted by Crippen LogP contribution is 2.08. The molecule has 0 saturated carbocycles. The summed E-state index contributed by atoms with van der Waals surface area (Å²) in [5.74, 6) is -1.94. The maximum Gasteiger partial charge on any atom is 0.221 e. The average Bonchev–Trinajstić information content (AvgIpc) is 1.84. The van der Waals surface area contributed by atoms with E-state index in [0.29, 0.717) is 0 Å². The van der Waals surface area contributed by atoms with E-state index in [-0.39, 0.29) is 0 Å². The Labute approximate surface area is 59.6 Å². The fourth-order valence-corrected chi connectivity index (χ4v) is 0.493. The molecule has 0 fully saturated rings. The van der Waals surface area contributed by atoms with Crippen LogP contribution in [0.3, 0.4) is 0 Å². The molecular formula is C6H12N2O2. The van der Waals surface area contributed by atoms with Crippen molar-refractivity contribution in [2.75, 3.05) is 0 Å². The van der Waals surface area contributed by atoms with Gasteiger partial charge in [0, 0.05) is 11.8 Å². The van der Waals surface area contributed by atoms with Crippen molar-refractivity contribution >= 4 is 11.8 Å². The molecule has 0 rings (SSSR count). The van der Waals surface area contributed by atoms with Gasteiger partial charge in [-0.05, 0) is 0 Å². The third-order valence-corrected chi connectivity index (χ3v) is 1.65. The summed E-state index contributed by atoms with van der Waals surface area (Å²) >= 11 is 0. The number of primary amides is 2. The molecule has 4 heteroatoms. The zero-order chi connectivity index (χ0) is 8.31. The van der Waals surface area contributed by atoms with Crippen LogP contribution in [0.1, 0.15) is 13.8 Å². The lowest BCUT2D eigenvalue weighted by atomic mass is 9.95. The predicted octanol–water partition coefficient (Wildman–Crippen LogP) is -0.771. The van der Waals surface area contributed by atoms with Gasteiger partial charge in [0.05, 0.1) is 0 Å². The minimum atomic E-state index is -0.494. The van der Waals surface area contributed by atoms with Crippen molar-refractivity contribution in [3.8, 4) is 0 Å². The highest BCUT2D eigenvalue weighted by molar-refractivity contribution is 5.85. The minimum absolute atomic E-state index is 0.475. The Morgan fingerprint density at radius 1 is 1.00 bits per heavy atom. The first kappa shape index (κ1) is 8.94. The van der Waals surface area contributed by atoms with Crippen molar-refractivity contribution in [1.29, 1.82) is 0 Å². The Morgan fingerprint density at radius 2 is 1.20 bits per heavy atom. The lowest BCUT2D eigenvalue weighted by molar-refractivity contribution is -0.130. The molecule has 0 aliphatic rings. The molecule has 0 unspecified atom stereocenters. The van der Waals surface area contributed by atoms with Crippen LogP contribution in [-0.2, 0) is 9.59 Å². The third-order valence-electron chi connectivity index (χ3n) is 1.65. The molecule has 0 aromatic carbocycles. The predicted molar refractivity (Wildman–Crippen MR) is 36.7 cm³/mol. The number of amides is 2. The van der Waals surface area contributed by atoms with Crippen LogP contribution in [0.5, 0.6) is 0 Å². The largest absolute Gasteiger partial charge is 0.369 e. The number of rotatable bonds is 3. The second-order valence-corrected chi connectivity index (χ2v) is 2.38. The van der Waals surface area contributed by atoms with E-state index >= 15 is 0 Å². The maximum absolute atomic E-state index is 10.5. The van der Waals surface area contributed by atoms with E-state index in [4.69, 9.17) is 11.5 Å². The molecule has 4 N–H and O–H groups in total. The van der Waals surface area contributed by atoms with Crippen molar-refractivity contribution in [1.82, 2.24) is 0 Å².